The smallest absolute Gasteiger partial charge is 0.00837 e. The number of nitrogens with one attached hydrogen (secondary N) is 1. The summed E-state index contributed by atoms with van der Waals surface area (Å²) >= 11 is 2.02. The summed E-state index contributed by atoms with van der Waals surface area (Å²) in [5, 5.41) is 3.28. The van der Waals surface area contributed by atoms with E-state index in [1.807, 2.05) is 18.4 Å². The molecule has 0 fully saturated rings. The van der Waals surface area contributed by atoms with Crippen molar-refractivity contribution in [1.29, 1.82) is 0 Å². The average Bonchev–Trinajstić information content (AvgIpc) is 2.67. The van der Waals surface area contributed by atoms with Gasteiger partial charge in [-0.1, -0.05) is 6.92 Å². The van der Waals surface area contributed by atoms with Crippen LogP contribution < -0.4 is 5.32 Å². The molecule has 2 rings (SSSR count). The predicted molar refractivity (Wildman–Crippen MR) is 58.7 cm³/mol. The van der Waals surface area contributed by atoms with E-state index >= 15 is 0 Å². The molecule has 1 aromatic rings. The Morgan fingerprint density at radius 1 is 1.62 bits per heavy atom. The Balaban J connectivity index is 2.20. The summed E-state index contributed by atoms with van der Waals surface area (Å²) < 4.78 is 0. The molecule has 1 aliphatic carbocycles. The van der Waals surface area contributed by atoms with Crippen LogP contribution in [0, 0.1) is 0 Å². The molecule has 2 heteroatoms. The van der Waals surface area contributed by atoms with E-state index in [9.17, 15) is 0 Å². The number of rotatable bonds is 3. The van der Waals surface area contributed by atoms with Gasteiger partial charge in [-0.15, -0.1) is 11.3 Å². The van der Waals surface area contributed by atoms with Crippen molar-refractivity contribution < 1.29 is 0 Å². The second-order valence-electron chi connectivity index (χ2n) is 3.74. The molecular weight excluding hydrogens is 178 g/mol. The zero-order valence-corrected chi connectivity index (χ0v) is 9.21. The Kier molecular flexibility index (Phi) is 2.70. The van der Waals surface area contributed by atoms with Crippen LogP contribution in [0.3, 0.4) is 0 Å². The zero-order chi connectivity index (χ0) is 9.26. The zero-order valence-electron chi connectivity index (χ0n) is 8.39. The number of hydrogen-bond donors (Lipinski definition) is 1. The molecule has 0 saturated heterocycles. The number of fused-ring (bicyclic) bond motifs is 1. The minimum Gasteiger partial charge on any atom is -0.319 e. The quantitative estimate of drug-likeness (QED) is 0.781. The molecule has 0 aliphatic heterocycles. The fourth-order valence-electron chi connectivity index (χ4n) is 2.13. The van der Waals surface area contributed by atoms with Gasteiger partial charge in [0.2, 0.25) is 0 Å². The van der Waals surface area contributed by atoms with E-state index < -0.39 is 0 Å². The first-order chi connectivity index (χ1) is 6.35. The lowest BCUT2D eigenvalue weighted by atomic mass is 10.0. The summed E-state index contributed by atoms with van der Waals surface area (Å²) in [5.41, 5.74) is 1.64. The lowest BCUT2D eigenvalue weighted by molar-refractivity contribution is 0.623. The van der Waals surface area contributed by atoms with Crippen LogP contribution in [0.2, 0.25) is 0 Å². The highest BCUT2D eigenvalue weighted by molar-refractivity contribution is 7.12. The second-order valence-corrected chi connectivity index (χ2v) is 4.96. The van der Waals surface area contributed by atoms with Crippen molar-refractivity contribution in [3.8, 4) is 0 Å². The summed E-state index contributed by atoms with van der Waals surface area (Å²) in [4.78, 5) is 3.21. The van der Waals surface area contributed by atoms with Crippen LogP contribution in [0.1, 0.15) is 34.6 Å². The van der Waals surface area contributed by atoms with Gasteiger partial charge in [-0.2, -0.15) is 0 Å². The fraction of sp³-hybridized carbons (Fsp3) is 0.636. The first kappa shape index (κ1) is 9.22. The molecule has 1 nitrogen and oxygen atoms in total. The van der Waals surface area contributed by atoms with Gasteiger partial charge >= 0.3 is 0 Å². The van der Waals surface area contributed by atoms with Gasteiger partial charge in [0.25, 0.3) is 0 Å². The van der Waals surface area contributed by atoms with Crippen LogP contribution in [0.4, 0.5) is 0 Å². The van der Waals surface area contributed by atoms with E-state index in [0.717, 1.165) is 12.5 Å². The molecule has 0 radical (unpaired) electrons. The van der Waals surface area contributed by atoms with E-state index in [1.54, 1.807) is 15.3 Å². The van der Waals surface area contributed by atoms with E-state index in [1.165, 1.54) is 19.3 Å². The van der Waals surface area contributed by atoms with E-state index in [2.05, 4.69) is 18.3 Å². The van der Waals surface area contributed by atoms with E-state index in [-0.39, 0.29) is 0 Å². The summed E-state index contributed by atoms with van der Waals surface area (Å²) in [6.07, 6.45) is 3.86. The highest BCUT2D eigenvalue weighted by atomic mass is 32.1. The number of thiophene rings is 1. The molecule has 1 heterocycles. The van der Waals surface area contributed by atoms with Crippen LogP contribution in [0.5, 0.6) is 0 Å². The van der Waals surface area contributed by atoms with Crippen LogP contribution in [0.15, 0.2) is 6.07 Å². The summed E-state index contributed by atoms with van der Waals surface area (Å²) in [5.74, 6) is 0.788. The van der Waals surface area contributed by atoms with Gasteiger partial charge in [0.15, 0.2) is 0 Å². The highest BCUT2D eigenvalue weighted by Crippen LogP contribution is 2.38. The predicted octanol–water partition coefficient (Wildman–Crippen LogP) is 2.56. The Hall–Kier alpha value is -0.340. The number of likely N-dealkylation sites (N-methyl/N-ethyl adjacent to an activating group) is 1. The molecule has 13 heavy (non-hydrogen) atoms. The van der Waals surface area contributed by atoms with Crippen molar-refractivity contribution in [2.45, 2.75) is 32.1 Å². The van der Waals surface area contributed by atoms with Crippen LogP contribution in [-0.4, -0.2) is 13.6 Å². The van der Waals surface area contributed by atoms with E-state index in [4.69, 9.17) is 0 Å². The molecule has 1 aromatic heterocycles. The van der Waals surface area contributed by atoms with Gasteiger partial charge in [0.05, 0.1) is 0 Å². The lowest BCUT2D eigenvalue weighted by Crippen LogP contribution is -2.14. The van der Waals surface area contributed by atoms with Crippen LogP contribution >= 0.6 is 11.3 Å². The molecular formula is C11H17NS. The maximum absolute atomic E-state index is 3.28. The maximum Gasteiger partial charge on any atom is 0.00837 e. The molecule has 1 unspecified atom stereocenters. The normalized spacial score (nSPS) is 20.6. The standard InChI is InChI=1S/C11H17NS/c1-3-9-6-10-8(7-12-2)4-5-11(10)13-9/h6,8,12H,3-5,7H2,1-2H3. The van der Waals surface area contributed by atoms with Crippen molar-refractivity contribution in [2.75, 3.05) is 13.6 Å². The van der Waals surface area contributed by atoms with Gasteiger partial charge in [0, 0.05) is 16.3 Å². The number of aryl methyl sites for hydroxylation is 2. The Labute approximate surface area is 84.2 Å². The first-order valence-electron chi connectivity index (χ1n) is 5.11. The van der Waals surface area contributed by atoms with Gasteiger partial charge in [-0.25, -0.2) is 0 Å². The monoisotopic (exact) mass is 195 g/mol. The molecule has 1 atom stereocenters. The van der Waals surface area contributed by atoms with E-state index in [0.29, 0.717) is 0 Å². The van der Waals surface area contributed by atoms with Gasteiger partial charge in [0.1, 0.15) is 0 Å². The summed E-state index contributed by atoms with van der Waals surface area (Å²) in [6.45, 7) is 3.39. The van der Waals surface area contributed by atoms with Crippen molar-refractivity contribution >= 4 is 11.3 Å². The molecule has 0 bridgehead atoms. The highest BCUT2D eigenvalue weighted by Gasteiger charge is 2.23. The number of hydrogen-bond acceptors (Lipinski definition) is 2. The minimum atomic E-state index is 0.788. The van der Waals surface area contributed by atoms with Gasteiger partial charge in [-0.05, 0) is 43.9 Å². The van der Waals surface area contributed by atoms with Crippen molar-refractivity contribution in [3.63, 3.8) is 0 Å². The third-order valence-electron chi connectivity index (χ3n) is 2.85. The largest absolute Gasteiger partial charge is 0.319 e. The van der Waals surface area contributed by atoms with Gasteiger partial charge < -0.3 is 5.32 Å². The van der Waals surface area contributed by atoms with Crippen LogP contribution in [-0.2, 0) is 12.8 Å². The molecule has 1 aliphatic rings. The molecule has 0 saturated carbocycles. The second kappa shape index (κ2) is 3.81. The third kappa shape index (κ3) is 1.65. The Morgan fingerprint density at radius 2 is 2.46 bits per heavy atom. The Morgan fingerprint density at radius 3 is 3.15 bits per heavy atom. The molecule has 0 amide bonds. The summed E-state index contributed by atoms with van der Waals surface area (Å²) in [7, 11) is 2.05. The van der Waals surface area contributed by atoms with Gasteiger partial charge in [-0.3, -0.25) is 0 Å². The third-order valence-corrected chi connectivity index (χ3v) is 4.21. The molecule has 72 valence electrons. The van der Waals surface area contributed by atoms with Crippen LogP contribution in [0.25, 0.3) is 0 Å². The van der Waals surface area contributed by atoms with Crippen molar-refractivity contribution in [3.05, 3.63) is 21.4 Å². The summed E-state index contributed by atoms with van der Waals surface area (Å²) in [6, 6.07) is 2.43. The molecule has 0 spiro atoms. The topological polar surface area (TPSA) is 12.0 Å². The minimum absolute atomic E-state index is 0.788. The van der Waals surface area contributed by atoms with Crippen molar-refractivity contribution in [1.82, 2.24) is 5.32 Å². The fourth-order valence-corrected chi connectivity index (χ4v) is 3.35. The average molecular weight is 195 g/mol. The van der Waals surface area contributed by atoms with Crippen molar-refractivity contribution in [2.24, 2.45) is 0 Å². The maximum atomic E-state index is 3.28. The molecule has 0 aromatic carbocycles. The Bertz CT molecular complexity index is 290. The molecule has 1 N–H and O–H groups in total. The SMILES string of the molecule is CCc1cc2c(s1)CCC2CNC. The first-order valence-corrected chi connectivity index (χ1v) is 5.93. The lowest BCUT2D eigenvalue weighted by Gasteiger charge is -2.07.